The molecule has 7 nitrogen and oxygen atoms in total. The molecular weight excluding hydrogens is 481 g/mol. The molecule has 1 aliphatic rings. The van der Waals surface area contributed by atoms with Crippen molar-refractivity contribution in [3.8, 4) is 0 Å². The molecule has 0 aliphatic carbocycles. The van der Waals surface area contributed by atoms with Crippen LogP contribution in [0.1, 0.15) is 51.5 Å². The summed E-state index contributed by atoms with van der Waals surface area (Å²) in [5.41, 5.74) is 1.42. The van der Waals surface area contributed by atoms with Gasteiger partial charge in [0, 0.05) is 38.3 Å². The largest absolute Gasteiger partial charge is 0.342 e. The van der Waals surface area contributed by atoms with E-state index in [0.717, 1.165) is 31.2 Å². The molecule has 0 radical (unpaired) electrons. The van der Waals surface area contributed by atoms with Gasteiger partial charge in [-0.25, -0.2) is 12.8 Å². The van der Waals surface area contributed by atoms with E-state index in [1.807, 2.05) is 13.8 Å². The Kier molecular flexibility index (Phi) is 10.0. The predicted octanol–water partition coefficient (Wildman–Crippen LogP) is 4.45. The number of halogens is 1. The first kappa shape index (κ1) is 27.8. The maximum absolute atomic E-state index is 13.1. The van der Waals surface area contributed by atoms with Crippen LogP contribution in [0.2, 0.25) is 0 Å². The highest BCUT2D eigenvalue weighted by Crippen LogP contribution is 2.23. The van der Waals surface area contributed by atoms with Gasteiger partial charge in [-0.15, -0.1) is 0 Å². The summed E-state index contributed by atoms with van der Waals surface area (Å²) in [6, 6.07) is 12.4. The molecule has 9 heteroatoms. The molecule has 2 amide bonds. The van der Waals surface area contributed by atoms with Crippen molar-refractivity contribution in [1.29, 1.82) is 0 Å². The van der Waals surface area contributed by atoms with Crippen molar-refractivity contribution in [1.82, 2.24) is 9.21 Å². The first-order valence-electron chi connectivity index (χ1n) is 12.7. The quantitative estimate of drug-likeness (QED) is 0.425. The van der Waals surface area contributed by atoms with Crippen molar-refractivity contribution >= 4 is 27.5 Å². The lowest BCUT2D eigenvalue weighted by Crippen LogP contribution is -2.33. The van der Waals surface area contributed by atoms with E-state index in [1.54, 1.807) is 29.2 Å². The van der Waals surface area contributed by atoms with Crippen molar-refractivity contribution in [2.45, 2.75) is 57.3 Å². The smallest absolute Gasteiger partial charge is 0.243 e. The van der Waals surface area contributed by atoms with Crippen LogP contribution in [0, 0.1) is 11.7 Å². The molecule has 0 aromatic heterocycles. The van der Waals surface area contributed by atoms with Gasteiger partial charge in [-0.2, -0.15) is 4.31 Å². The molecule has 1 saturated heterocycles. The molecule has 2 aromatic rings. The predicted molar refractivity (Wildman–Crippen MR) is 138 cm³/mol. The van der Waals surface area contributed by atoms with Crippen LogP contribution in [-0.2, 0) is 26.0 Å². The number of sulfonamides is 1. The Morgan fingerprint density at radius 3 is 2.22 bits per heavy atom. The fourth-order valence-corrected chi connectivity index (χ4v) is 5.72. The number of hydrogen-bond donors (Lipinski definition) is 1. The molecule has 1 heterocycles. The number of carbonyl (C=O) groups is 2. The fourth-order valence-electron chi connectivity index (χ4n) is 4.20. The third kappa shape index (κ3) is 7.36. The minimum Gasteiger partial charge on any atom is -0.342 e. The number of nitrogens with zero attached hydrogens (tertiary/aromatic N) is 2. The van der Waals surface area contributed by atoms with E-state index < -0.39 is 15.9 Å². The van der Waals surface area contributed by atoms with E-state index >= 15 is 0 Å². The Bertz CT molecular complexity index is 1110. The summed E-state index contributed by atoms with van der Waals surface area (Å²) < 4.78 is 40.8. The second kappa shape index (κ2) is 13.0. The molecule has 0 spiro atoms. The van der Waals surface area contributed by atoms with Gasteiger partial charge in [-0.05, 0) is 61.2 Å². The topological polar surface area (TPSA) is 86.8 Å². The average molecular weight is 518 g/mol. The molecule has 0 saturated carbocycles. The van der Waals surface area contributed by atoms with Crippen LogP contribution in [0.4, 0.5) is 10.1 Å². The van der Waals surface area contributed by atoms with E-state index in [-0.39, 0.29) is 28.9 Å². The molecule has 1 aliphatic heterocycles. The van der Waals surface area contributed by atoms with Gasteiger partial charge in [0.25, 0.3) is 0 Å². The molecule has 1 atom stereocenters. The number of carbonyl (C=O) groups excluding carboxylic acids is 2. The Balaban J connectivity index is 1.57. The number of unbranched alkanes of at least 4 members (excludes halogenated alkanes) is 2. The highest BCUT2D eigenvalue weighted by molar-refractivity contribution is 7.89. The van der Waals surface area contributed by atoms with Gasteiger partial charge in [-0.1, -0.05) is 38.8 Å². The standard InChI is InChI=1S/C27H36FN3O4S/c1-3-5-16-31(17-6-4-2)36(34,35)25-13-11-24(12-14-25)29-27(33)22-19-26(32)30(20-22)18-15-21-7-9-23(28)10-8-21/h7-14,22H,3-6,15-20H2,1-2H3,(H,29,33). The lowest BCUT2D eigenvalue weighted by Gasteiger charge is -2.22. The summed E-state index contributed by atoms with van der Waals surface area (Å²) in [6.07, 6.45) is 4.15. The lowest BCUT2D eigenvalue weighted by atomic mass is 10.1. The number of amides is 2. The number of likely N-dealkylation sites (tertiary alicyclic amines) is 1. The van der Waals surface area contributed by atoms with Crippen LogP contribution in [-0.4, -0.2) is 55.6 Å². The first-order valence-corrected chi connectivity index (χ1v) is 14.1. The van der Waals surface area contributed by atoms with Crippen molar-refractivity contribution in [2.75, 3.05) is 31.5 Å². The average Bonchev–Trinajstić information content (AvgIpc) is 3.24. The molecule has 0 bridgehead atoms. The summed E-state index contributed by atoms with van der Waals surface area (Å²) >= 11 is 0. The number of anilines is 1. The van der Waals surface area contributed by atoms with Crippen LogP contribution < -0.4 is 5.32 Å². The molecule has 2 aromatic carbocycles. The second-order valence-corrected chi connectivity index (χ2v) is 11.2. The van der Waals surface area contributed by atoms with Crippen LogP contribution in [0.3, 0.4) is 0 Å². The van der Waals surface area contributed by atoms with Crippen LogP contribution in [0.5, 0.6) is 0 Å². The zero-order valence-electron chi connectivity index (χ0n) is 21.1. The third-order valence-corrected chi connectivity index (χ3v) is 8.36. The highest BCUT2D eigenvalue weighted by Gasteiger charge is 2.34. The summed E-state index contributed by atoms with van der Waals surface area (Å²) in [5.74, 6) is -1.13. The Morgan fingerprint density at radius 1 is 1.03 bits per heavy atom. The van der Waals surface area contributed by atoms with E-state index in [1.165, 1.54) is 28.6 Å². The lowest BCUT2D eigenvalue weighted by molar-refractivity contribution is -0.128. The second-order valence-electron chi connectivity index (χ2n) is 9.24. The summed E-state index contributed by atoms with van der Waals surface area (Å²) in [4.78, 5) is 27.0. The Labute approximate surface area is 213 Å². The zero-order valence-corrected chi connectivity index (χ0v) is 21.9. The van der Waals surface area contributed by atoms with Crippen molar-refractivity contribution in [2.24, 2.45) is 5.92 Å². The first-order chi connectivity index (χ1) is 17.2. The van der Waals surface area contributed by atoms with Crippen LogP contribution in [0.15, 0.2) is 53.4 Å². The highest BCUT2D eigenvalue weighted by atomic mass is 32.2. The van der Waals surface area contributed by atoms with Crippen LogP contribution >= 0.6 is 0 Å². The maximum Gasteiger partial charge on any atom is 0.243 e. The molecule has 1 N–H and O–H groups in total. The monoisotopic (exact) mass is 517 g/mol. The summed E-state index contributed by atoms with van der Waals surface area (Å²) in [5, 5.41) is 2.81. The van der Waals surface area contributed by atoms with Gasteiger partial charge in [0.2, 0.25) is 21.8 Å². The number of hydrogen-bond acceptors (Lipinski definition) is 4. The van der Waals surface area contributed by atoms with E-state index in [9.17, 15) is 22.4 Å². The molecule has 36 heavy (non-hydrogen) atoms. The summed E-state index contributed by atoms with van der Waals surface area (Å²) in [7, 11) is -3.60. The molecule has 1 fully saturated rings. The zero-order chi connectivity index (χ0) is 26.1. The normalized spacial score (nSPS) is 16.1. The molecule has 196 valence electrons. The van der Waals surface area contributed by atoms with E-state index in [2.05, 4.69) is 5.32 Å². The molecular formula is C27H36FN3O4S. The molecule has 3 rings (SSSR count). The fraction of sp³-hybridized carbons (Fsp3) is 0.481. The number of benzene rings is 2. The minimum atomic E-state index is -3.60. The van der Waals surface area contributed by atoms with Gasteiger partial charge in [-0.3, -0.25) is 9.59 Å². The van der Waals surface area contributed by atoms with E-state index in [4.69, 9.17) is 0 Å². The maximum atomic E-state index is 13.1. The van der Waals surface area contributed by atoms with Gasteiger partial charge in [0.1, 0.15) is 5.82 Å². The number of nitrogens with one attached hydrogen (secondary N) is 1. The minimum absolute atomic E-state index is 0.0852. The number of rotatable bonds is 13. The van der Waals surface area contributed by atoms with Crippen molar-refractivity contribution in [3.05, 3.63) is 59.9 Å². The van der Waals surface area contributed by atoms with Gasteiger partial charge in [0.15, 0.2) is 0 Å². The summed E-state index contributed by atoms with van der Waals surface area (Å²) in [6.45, 7) is 5.83. The van der Waals surface area contributed by atoms with E-state index in [0.29, 0.717) is 38.3 Å². The van der Waals surface area contributed by atoms with Crippen molar-refractivity contribution in [3.63, 3.8) is 0 Å². The third-order valence-electron chi connectivity index (χ3n) is 6.45. The van der Waals surface area contributed by atoms with Crippen molar-refractivity contribution < 1.29 is 22.4 Å². The SMILES string of the molecule is CCCCN(CCCC)S(=O)(=O)c1ccc(NC(=O)C2CC(=O)N(CCc3ccc(F)cc3)C2)cc1. The Morgan fingerprint density at radius 2 is 1.64 bits per heavy atom. The Hall–Kier alpha value is -2.78. The van der Waals surface area contributed by atoms with Gasteiger partial charge in [0.05, 0.1) is 10.8 Å². The van der Waals surface area contributed by atoms with Gasteiger partial charge < -0.3 is 10.2 Å². The van der Waals surface area contributed by atoms with Crippen LogP contribution in [0.25, 0.3) is 0 Å². The molecule has 1 unspecified atom stereocenters. The van der Waals surface area contributed by atoms with Gasteiger partial charge >= 0.3 is 0 Å².